The Morgan fingerprint density at radius 3 is 2.38 bits per heavy atom. The van der Waals surface area contributed by atoms with E-state index in [-0.39, 0.29) is 10.9 Å². The van der Waals surface area contributed by atoms with Crippen LogP contribution in [0.5, 0.6) is 0 Å². The molecule has 1 amide bonds. The average Bonchev–Trinajstić information content (AvgIpc) is 3.11. The third-order valence-corrected chi connectivity index (χ3v) is 6.10. The number of hydrogen-bond acceptors (Lipinski definition) is 5. The zero-order valence-corrected chi connectivity index (χ0v) is 14.5. The molecule has 0 saturated carbocycles. The lowest BCUT2D eigenvalue weighted by atomic mass is 10.2. The SMILES string of the molecule is O=C(NO)c1ccc(NC2CCN(S(=O)(=O)c3ccc(F)cc3)C2)cc1. The third kappa shape index (κ3) is 3.85. The number of sulfonamides is 1. The predicted octanol–water partition coefficient (Wildman–Crippen LogP) is 1.82. The van der Waals surface area contributed by atoms with Crippen molar-refractivity contribution in [3.05, 3.63) is 59.9 Å². The fraction of sp³-hybridized carbons (Fsp3) is 0.235. The van der Waals surface area contributed by atoms with Gasteiger partial charge in [0, 0.05) is 30.4 Å². The van der Waals surface area contributed by atoms with E-state index in [1.54, 1.807) is 29.7 Å². The van der Waals surface area contributed by atoms with Gasteiger partial charge >= 0.3 is 0 Å². The van der Waals surface area contributed by atoms with Crippen LogP contribution in [0.3, 0.4) is 0 Å². The number of nitrogens with one attached hydrogen (secondary N) is 2. The number of benzene rings is 2. The maximum atomic E-state index is 13.0. The van der Waals surface area contributed by atoms with Gasteiger partial charge in [-0.15, -0.1) is 0 Å². The van der Waals surface area contributed by atoms with Crippen LogP contribution in [0.15, 0.2) is 53.4 Å². The number of rotatable bonds is 5. The van der Waals surface area contributed by atoms with Crippen LogP contribution in [0.25, 0.3) is 0 Å². The fourth-order valence-corrected chi connectivity index (χ4v) is 4.34. The smallest absolute Gasteiger partial charge is 0.274 e. The molecule has 2 aromatic rings. The standard InChI is InChI=1S/C17H18FN3O4S/c18-13-3-7-16(8-4-13)26(24,25)21-10-9-15(11-21)19-14-5-1-12(2-6-14)17(22)20-23/h1-8,15,19,23H,9-11H2,(H,20,22). The van der Waals surface area contributed by atoms with Gasteiger partial charge in [-0.3, -0.25) is 10.0 Å². The Morgan fingerprint density at radius 2 is 1.77 bits per heavy atom. The van der Waals surface area contributed by atoms with Crippen LogP contribution >= 0.6 is 0 Å². The Morgan fingerprint density at radius 1 is 1.12 bits per heavy atom. The van der Waals surface area contributed by atoms with Gasteiger partial charge in [0.2, 0.25) is 10.0 Å². The van der Waals surface area contributed by atoms with Gasteiger partial charge in [0.15, 0.2) is 0 Å². The van der Waals surface area contributed by atoms with Crippen molar-refractivity contribution in [3.8, 4) is 0 Å². The van der Waals surface area contributed by atoms with E-state index >= 15 is 0 Å². The number of halogens is 1. The molecule has 26 heavy (non-hydrogen) atoms. The first-order valence-corrected chi connectivity index (χ1v) is 9.41. The summed E-state index contributed by atoms with van der Waals surface area (Å²) in [6, 6.07) is 11.2. The molecule has 138 valence electrons. The Kier molecular flexibility index (Phi) is 5.21. The minimum Gasteiger partial charge on any atom is -0.381 e. The molecule has 0 spiro atoms. The first-order chi connectivity index (χ1) is 12.4. The summed E-state index contributed by atoms with van der Waals surface area (Å²) in [5.41, 5.74) is 2.61. The van der Waals surface area contributed by atoms with Crippen LogP contribution < -0.4 is 10.8 Å². The van der Waals surface area contributed by atoms with E-state index in [9.17, 15) is 17.6 Å². The summed E-state index contributed by atoms with van der Waals surface area (Å²) in [6.45, 7) is 0.654. The molecular weight excluding hydrogens is 361 g/mol. The number of anilines is 1. The summed E-state index contributed by atoms with van der Waals surface area (Å²) in [5, 5.41) is 11.8. The Bertz CT molecular complexity index is 885. The topological polar surface area (TPSA) is 98.7 Å². The highest BCUT2D eigenvalue weighted by molar-refractivity contribution is 7.89. The van der Waals surface area contributed by atoms with Crippen molar-refractivity contribution in [2.45, 2.75) is 17.4 Å². The van der Waals surface area contributed by atoms with Gasteiger partial charge in [-0.25, -0.2) is 18.3 Å². The number of carbonyl (C=O) groups excluding carboxylic acids is 1. The molecule has 2 aromatic carbocycles. The number of carbonyl (C=O) groups is 1. The molecule has 1 atom stereocenters. The zero-order valence-electron chi connectivity index (χ0n) is 13.7. The quantitative estimate of drug-likeness (QED) is 0.544. The van der Waals surface area contributed by atoms with E-state index < -0.39 is 21.7 Å². The van der Waals surface area contributed by atoms with Crippen LogP contribution in [0.2, 0.25) is 0 Å². The summed E-state index contributed by atoms with van der Waals surface area (Å²) in [4.78, 5) is 11.4. The van der Waals surface area contributed by atoms with Crippen LogP contribution in [-0.2, 0) is 10.0 Å². The molecule has 1 heterocycles. The van der Waals surface area contributed by atoms with Crippen molar-refractivity contribution in [3.63, 3.8) is 0 Å². The normalized spacial score (nSPS) is 17.8. The van der Waals surface area contributed by atoms with E-state index in [1.165, 1.54) is 16.4 Å². The maximum Gasteiger partial charge on any atom is 0.274 e. The molecule has 1 unspecified atom stereocenters. The van der Waals surface area contributed by atoms with Crippen LogP contribution in [-0.4, -0.2) is 43.0 Å². The van der Waals surface area contributed by atoms with Crippen LogP contribution in [0, 0.1) is 5.82 Å². The predicted molar refractivity (Wildman–Crippen MR) is 92.9 cm³/mol. The van der Waals surface area contributed by atoms with Gasteiger partial charge in [-0.2, -0.15) is 4.31 Å². The molecule has 0 aliphatic carbocycles. The lowest BCUT2D eigenvalue weighted by molar-refractivity contribution is 0.0706. The van der Waals surface area contributed by atoms with E-state index in [0.717, 1.165) is 17.8 Å². The van der Waals surface area contributed by atoms with Gasteiger partial charge in [-0.1, -0.05) is 0 Å². The van der Waals surface area contributed by atoms with E-state index in [1.807, 2.05) is 0 Å². The highest BCUT2D eigenvalue weighted by Gasteiger charge is 2.32. The summed E-state index contributed by atoms with van der Waals surface area (Å²) >= 11 is 0. The van der Waals surface area contributed by atoms with Gasteiger partial charge in [0.25, 0.3) is 5.91 Å². The minimum absolute atomic E-state index is 0.0684. The molecule has 0 radical (unpaired) electrons. The highest BCUT2D eigenvalue weighted by Crippen LogP contribution is 2.23. The van der Waals surface area contributed by atoms with Crippen molar-refractivity contribution in [1.82, 2.24) is 9.79 Å². The minimum atomic E-state index is -3.66. The van der Waals surface area contributed by atoms with Crippen LogP contribution in [0.1, 0.15) is 16.8 Å². The number of hydroxylamine groups is 1. The van der Waals surface area contributed by atoms with E-state index in [2.05, 4.69) is 5.32 Å². The second-order valence-corrected chi connectivity index (χ2v) is 7.90. The monoisotopic (exact) mass is 379 g/mol. The summed E-state index contributed by atoms with van der Waals surface area (Å²) in [5.74, 6) is -1.09. The van der Waals surface area contributed by atoms with E-state index in [4.69, 9.17) is 5.21 Å². The highest BCUT2D eigenvalue weighted by atomic mass is 32.2. The van der Waals surface area contributed by atoms with Crippen molar-refractivity contribution in [2.24, 2.45) is 0 Å². The molecule has 1 saturated heterocycles. The van der Waals surface area contributed by atoms with Crippen molar-refractivity contribution >= 4 is 21.6 Å². The molecule has 1 fully saturated rings. The fourth-order valence-electron chi connectivity index (χ4n) is 2.84. The first kappa shape index (κ1) is 18.3. The number of amides is 1. The van der Waals surface area contributed by atoms with Gasteiger partial charge in [0.05, 0.1) is 4.90 Å². The first-order valence-electron chi connectivity index (χ1n) is 7.97. The van der Waals surface area contributed by atoms with Crippen molar-refractivity contribution in [2.75, 3.05) is 18.4 Å². The summed E-state index contributed by atoms with van der Waals surface area (Å²) in [7, 11) is -3.66. The van der Waals surface area contributed by atoms with Gasteiger partial charge in [-0.05, 0) is 55.0 Å². The molecule has 0 aromatic heterocycles. The van der Waals surface area contributed by atoms with Gasteiger partial charge in [0.1, 0.15) is 5.82 Å². The molecule has 3 N–H and O–H groups in total. The second-order valence-electron chi connectivity index (χ2n) is 5.97. The maximum absolute atomic E-state index is 13.0. The van der Waals surface area contributed by atoms with Crippen molar-refractivity contribution < 1.29 is 22.8 Å². The molecule has 9 heteroatoms. The zero-order chi connectivity index (χ0) is 18.7. The van der Waals surface area contributed by atoms with E-state index in [0.29, 0.717) is 25.1 Å². The largest absolute Gasteiger partial charge is 0.381 e. The molecular formula is C17H18FN3O4S. The number of nitrogens with zero attached hydrogens (tertiary/aromatic N) is 1. The Hall–Kier alpha value is -2.49. The second kappa shape index (κ2) is 7.40. The Balaban J connectivity index is 1.65. The molecule has 1 aliphatic rings. The molecule has 1 aliphatic heterocycles. The lowest BCUT2D eigenvalue weighted by Gasteiger charge is -2.18. The number of hydrogen-bond donors (Lipinski definition) is 3. The molecule has 0 bridgehead atoms. The average molecular weight is 379 g/mol. The molecule has 7 nitrogen and oxygen atoms in total. The molecule has 3 rings (SSSR count). The van der Waals surface area contributed by atoms with Crippen molar-refractivity contribution in [1.29, 1.82) is 0 Å². The summed E-state index contributed by atoms with van der Waals surface area (Å²) in [6.07, 6.45) is 0.624. The summed E-state index contributed by atoms with van der Waals surface area (Å²) < 4.78 is 39.6. The third-order valence-electron chi connectivity index (χ3n) is 4.22. The van der Waals surface area contributed by atoms with Gasteiger partial charge < -0.3 is 5.32 Å². The van der Waals surface area contributed by atoms with Crippen LogP contribution in [0.4, 0.5) is 10.1 Å². The Labute approximate surface area is 150 Å². The lowest BCUT2D eigenvalue weighted by Crippen LogP contribution is -2.31.